The van der Waals surface area contributed by atoms with Gasteiger partial charge in [0.05, 0.1) is 18.0 Å². The van der Waals surface area contributed by atoms with Gasteiger partial charge in [0.2, 0.25) is 5.91 Å². The van der Waals surface area contributed by atoms with Crippen LogP contribution in [0.1, 0.15) is 44.9 Å². The lowest BCUT2D eigenvalue weighted by Crippen LogP contribution is -2.36. The molecule has 0 aromatic rings. The number of amides is 3. The van der Waals surface area contributed by atoms with Crippen molar-refractivity contribution >= 4 is 29.7 Å². The fourth-order valence-corrected chi connectivity index (χ4v) is 5.45. The summed E-state index contributed by atoms with van der Waals surface area (Å²) in [6.07, 6.45) is 5.26. The molecule has 3 aliphatic rings. The number of nitrogens with one attached hydrogen (secondary N) is 3. The molecule has 4 N–H and O–H groups in total. The van der Waals surface area contributed by atoms with Crippen molar-refractivity contribution in [3.05, 3.63) is 0 Å². The number of carboxylic acids is 1. The average Bonchev–Trinajstić information content (AvgIpc) is 3.20. The largest absolute Gasteiger partial charge is 0.481 e. The molecule has 5 atom stereocenters. The van der Waals surface area contributed by atoms with Crippen LogP contribution in [-0.2, 0) is 9.59 Å². The summed E-state index contributed by atoms with van der Waals surface area (Å²) < 4.78 is 0. The molecule has 2 heterocycles. The third-order valence-corrected chi connectivity index (χ3v) is 6.74. The minimum absolute atomic E-state index is 0.0181. The molecule has 0 unspecified atom stereocenters. The zero-order chi connectivity index (χ0) is 17.1. The molecule has 1 saturated carbocycles. The van der Waals surface area contributed by atoms with Gasteiger partial charge < -0.3 is 21.1 Å². The van der Waals surface area contributed by atoms with Crippen molar-refractivity contribution in [2.24, 2.45) is 5.92 Å². The highest BCUT2D eigenvalue weighted by atomic mass is 32.2. The van der Waals surface area contributed by atoms with Gasteiger partial charge in [-0.15, -0.1) is 0 Å². The molecule has 0 aromatic heterocycles. The van der Waals surface area contributed by atoms with Gasteiger partial charge in [-0.3, -0.25) is 9.59 Å². The highest BCUT2D eigenvalue weighted by molar-refractivity contribution is 8.00. The Hall–Kier alpha value is -1.44. The molecule has 3 amide bonds. The fourth-order valence-electron chi connectivity index (χ4n) is 3.91. The van der Waals surface area contributed by atoms with Crippen LogP contribution in [0.4, 0.5) is 4.79 Å². The maximum absolute atomic E-state index is 12.0. The third kappa shape index (κ3) is 4.15. The van der Waals surface area contributed by atoms with E-state index < -0.39 is 5.97 Å². The van der Waals surface area contributed by atoms with Gasteiger partial charge in [0, 0.05) is 23.5 Å². The predicted octanol–water partition coefficient (Wildman–Crippen LogP) is 1.08. The highest BCUT2D eigenvalue weighted by Gasteiger charge is 2.42. The highest BCUT2D eigenvalue weighted by Crippen LogP contribution is 2.33. The van der Waals surface area contributed by atoms with Crippen LogP contribution in [0.15, 0.2) is 0 Å². The number of carboxylic acid groups (broad SMARTS) is 1. The Balaban J connectivity index is 1.29. The van der Waals surface area contributed by atoms with E-state index in [1.165, 1.54) is 0 Å². The number of fused-ring (bicyclic) bond motifs is 1. The molecule has 2 saturated heterocycles. The second kappa shape index (κ2) is 7.63. The second-order valence-electron chi connectivity index (χ2n) is 6.98. The van der Waals surface area contributed by atoms with E-state index in [1.54, 1.807) is 0 Å². The molecule has 3 fully saturated rings. The van der Waals surface area contributed by atoms with E-state index >= 15 is 0 Å². The summed E-state index contributed by atoms with van der Waals surface area (Å²) in [7, 11) is 0. The van der Waals surface area contributed by atoms with E-state index in [0.717, 1.165) is 31.4 Å². The van der Waals surface area contributed by atoms with E-state index in [4.69, 9.17) is 5.11 Å². The molecular weight excluding hydrogens is 330 g/mol. The molecule has 2 aliphatic heterocycles. The van der Waals surface area contributed by atoms with Gasteiger partial charge in [-0.1, -0.05) is 6.42 Å². The molecule has 1 aliphatic carbocycles. The number of carbonyl (C=O) groups excluding carboxylic acids is 2. The average molecular weight is 355 g/mol. The zero-order valence-electron chi connectivity index (χ0n) is 13.6. The third-order valence-electron chi connectivity index (χ3n) is 5.23. The van der Waals surface area contributed by atoms with Gasteiger partial charge in [0.1, 0.15) is 0 Å². The van der Waals surface area contributed by atoms with Gasteiger partial charge in [0.15, 0.2) is 0 Å². The second-order valence-corrected chi connectivity index (χ2v) is 8.25. The van der Waals surface area contributed by atoms with Crippen molar-refractivity contribution in [3.8, 4) is 0 Å². The Bertz CT molecular complexity index is 516. The fraction of sp³-hybridized carbons (Fsp3) is 0.812. The summed E-state index contributed by atoms with van der Waals surface area (Å²) in [6.45, 7) is 0. The first-order chi connectivity index (χ1) is 11.5. The van der Waals surface area contributed by atoms with Crippen molar-refractivity contribution in [1.82, 2.24) is 16.0 Å². The summed E-state index contributed by atoms with van der Waals surface area (Å²) >= 11 is 1.89. The first-order valence-electron chi connectivity index (χ1n) is 8.73. The first-order valence-corrected chi connectivity index (χ1v) is 9.78. The van der Waals surface area contributed by atoms with Gasteiger partial charge >= 0.3 is 12.0 Å². The van der Waals surface area contributed by atoms with E-state index in [1.807, 2.05) is 11.8 Å². The summed E-state index contributed by atoms with van der Waals surface area (Å²) in [5.41, 5.74) is 0. The Morgan fingerprint density at radius 1 is 1.25 bits per heavy atom. The Morgan fingerprint density at radius 3 is 2.83 bits per heavy atom. The van der Waals surface area contributed by atoms with Gasteiger partial charge in [-0.2, -0.15) is 11.8 Å². The lowest BCUT2D eigenvalue weighted by molar-refractivity contribution is -0.141. The summed E-state index contributed by atoms with van der Waals surface area (Å²) in [5.74, 6) is -0.0784. The lowest BCUT2D eigenvalue weighted by Gasteiger charge is -2.16. The van der Waals surface area contributed by atoms with Crippen molar-refractivity contribution in [3.63, 3.8) is 0 Å². The number of hydrogen-bond donors (Lipinski definition) is 4. The van der Waals surface area contributed by atoms with E-state index in [9.17, 15) is 14.4 Å². The Kier molecular flexibility index (Phi) is 5.53. The smallest absolute Gasteiger partial charge is 0.315 e. The van der Waals surface area contributed by atoms with Crippen LogP contribution in [0.3, 0.4) is 0 Å². The molecule has 3 rings (SSSR count). The number of rotatable bonds is 7. The van der Waals surface area contributed by atoms with Crippen molar-refractivity contribution in [2.75, 3.05) is 5.75 Å². The van der Waals surface area contributed by atoms with E-state index in [0.29, 0.717) is 24.5 Å². The van der Waals surface area contributed by atoms with Crippen LogP contribution in [-0.4, -0.2) is 52.1 Å². The number of unbranched alkanes of at least 4 members (excludes halogenated alkanes) is 1. The monoisotopic (exact) mass is 355 g/mol. The van der Waals surface area contributed by atoms with Gasteiger partial charge in [0.25, 0.3) is 0 Å². The van der Waals surface area contributed by atoms with Crippen LogP contribution in [0, 0.1) is 5.92 Å². The van der Waals surface area contributed by atoms with Crippen LogP contribution >= 0.6 is 11.8 Å². The SMILES string of the molecule is O=C(CCCC[C@@H]1SC[C@@H]2NC(=O)N[C@@H]21)N[C@H]1CC[C@@H](C(=O)O)C1. The summed E-state index contributed by atoms with van der Waals surface area (Å²) in [6, 6.07) is 0.429. The van der Waals surface area contributed by atoms with E-state index in [-0.39, 0.29) is 36.0 Å². The van der Waals surface area contributed by atoms with Crippen molar-refractivity contribution < 1.29 is 19.5 Å². The van der Waals surface area contributed by atoms with Crippen LogP contribution in [0.5, 0.6) is 0 Å². The predicted molar refractivity (Wildman–Crippen MR) is 90.9 cm³/mol. The van der Waals surface area contributed by atoms with Crippen LogP contribution in [0.2, 0.25) is 0 Å². The van der Waals surface area contributed by atoms with Gasteiger partial charge in [-0.05, 0) is 32.1 Å². The summed E-state index contributed by atoms with van der Waals surface area (Å²) in [4.78, 5) is 34.2. The topological polar surface area (TPSA) is 108 Å². The number of carbonyl (C=O) groups is 3. The number of urea groups is 1. The van der Waals surface area contributed by atoms with Gasteiger partial charge in [-0.25, -0.2) is 4.79 Å². The first kappa shape index (κ1) is 17.4. The van der Waals surface area contributed by atoms with Crippen LogP contribution < -0.4 is 16.0 Å². The minimum Gasteiger partial charge on any atom is -0.481 e. The number of thioether (sulfide) groups is 1. The molecule has 0 radical (unpaired) electrons. The molecule has 134 valence electrons. The molecule has 0 spiro atoms. The molecule has 24 heavy (non-hydrogen) atoms. The van der Waals surface area contributed by atoms with E-state index in [2.05, 4.69) is 16.0 Å². The maximum atomic E-state index is 12.0. The van der Waals surface area contributed by atoms with Crippen molar-refractivity contribution in [2.45, 2.75) is 68.3 Å². The number of aliphatic carboxylic acids is 1. The normalized spacial score (nSPS) is 34.5. The number of hydrogen-bond acceptors (Lipinski definition) is 4. The molecular formula is C16H25N3O4S. The lowest BCUT2D eigenvalue weighted by atomic mass is 10.0. The Labute approximate surface area is 145 Å². The molecule has 0 bridgehead atoms. The minimum atomic E-state index is -0.757. The maximum Gasteiger partial charge on any atom is 0.315 e. The zero-order valence-corrected chi connectivity index (χ0v) is 14.4. The quantitative estimate of drug-likeness (QED) is 0.404. The summed E-state index contributed by atoms with van der Waals surface area (Å²) in [5, 5.41) is 18.3. The van der Waals surface area contributed by atoms with Crippen LogP contribution in [0.25, 0.3) is 0 Å². The standard InChI is InChI=1S/C16H25N3O4S/c20-13(17-10-6-5-9(7-10)15(21)22)4-2-1-3-12-14-11(8-24-12)18-16(23)19-14/h9-12,14H,1-8H2,(H,17,20)(H,21,22)(H2,18,19,23)/t9-,10+,11+,12+,14+/m1/s1. The van der Waals surface area contributed by atoms with Crippen molar-refractivity contribution in [1.29, 1.82) is 0 Å². The Morgan fingerprint density at radius 2 is 2.08 bits per heavy atom. The molecule has 0 aromatic carbocycles. The molecule has 7 nitrogen and oxygen atoms in total. The molecule has 8 heteroatoms.